The van der Waals surface area contributed by atoms with E-state index in [1.807, 2.05) is 0 Å². The van der Waals surface area contributed by atoms with Crippen LogP contribution in [0, 0.1) is 0 Å². The molecule has 0 aliphatic rings. The number of aromatic nitrogens is 2. The average Bonchev–Trinajstić information content (AvgIpc) is 2.44. The number of hydrogen-bond donors (Lipinski definition) is 1. The molecule has 0 bridgehead atoms. The summed E-state index contributed by atoms with van der Waals surface area (Å²) in [6.45, 7) is 0.403. The van der Waals surface area contributed by atoms with Gasteiger partial charge in [0.2, 0.25) is 10.0 Å². The van der Waals surface area contributed by atoms with Crippen LogP contribution in [0.2, 0.25) is 0 Å². The second-order valence-electron chi connectivity index (χ2n) is 4.44. The predicted molar refractivity (Wildman–Crippen MR) is 76.6 cm³/mol. The van der Waals surface area contributed by atoms with E-state index in [1.165, 1.54) is 21.2 Å². The third kappa shape index (κ3) is 3.59. The summed E-state index contributed by atoms with van der Waals surface area (Å²) in [5.41, 5.74) is 3.95. The molecule has 21 heavy (non-hydrogen) atoms. The first-order valence-electron chi connectivity index (χ1n) is 6.23. The fraction of sp³-hybridized carbons (Fsp3) is 0.636. The Bertz CT molecular complexity index is 706. The van der Waals surface area contributed by atoms with Crippen molar-refractivity contribution in [2.75, 3.05) is 33.4 Å². The van der Waals surface area contributed by atoms with Gasteiger partial charge in [0.05, 0.1) is 6.61 Å². The highest BCUT2D eigenvalue weighted by Gasteiger charge is 2.28. The summed E-state index contributed by atoms with van der Waals surface area (Å²) in [4.78, 5) is 23.2. The van der Waals surface area contributed by atoms with Gasteiger partial charge >= 0.3 is 5.69 Å². The number of methoxy groups -OCH3 is 1. The molecule has 1 rings (SSSR count). The molecular weight excluding hydrogens is 300 g/mol. The van der Waals surface area contributed by atoms with Gasteiger partial charge in [0.25, 0.3) is 5.56 Å². The van der Waals surface area contributed by atoms with Gasteiger partial charge in [-0.2, -0.15) is 4.31 Å². The molecule has 0 atom stereocenters. The topological polar surface area (TPSA) is 117 Å². The molecule has 0 saturated heterocycles. The van der Waals surface area contributed by atoms with Gasteiger partial charge in [-0.15, -0.1) is 0 Å². The normalized spacial score (nSPS) is 12.0. The van der Waals surface area contributed by atoms with Crippen molar-refractivity contribution in [3.8, 4) is 0 Å². The smallest absolute Gasteiger partial charge is 0.330 e. The molecule has 0 saturated carbocycles. The van der Waals surface area contributed by atoms with Crippen LogP contribution in [-0.4, -0.2) is 55.2 Å². The van der Waals surface area contributed by atoms with E-state index >= 15 is 0 Å². The minimum atomic E-state index is -4.05. The van der Waals surface area contributed by atoms with Crippen molar-refractivity contribution in [3.05, 3.63) is 27.0 Å². The van der Waals surface area contributed by atoms with Crippen molar-refractivity contribution < 1.29 is 13.2 Å². The minimum absolute atomic E-state index is 0.0533. The van der Waals surface area contributed by atoms with E-state index < -0.39 is 26.2 Å². The maximum Gasteiger partial charge on any atom is 0.330 e. The summed E-state index contributed by atoms with van der Waals surface area (Å²) in [6, 6.07) is 0. The van der Waals surface area contributed by atoms with Crippen molar-refractivity contribution in [2.24, 2.45) is 19.8 Å². The van der Waals surface area contributed by atoms with Crippen molar-refractivity contribution in [1.82, 2.24) is 13.4 Å². The summed E-state index contributed by atoms with van der Waals surface area (Å²) in [5.74, 6) is 0. The SMILES string of the molecule is COCCN(CCN)S(=O)(=O)c1cn(C)c(=O)n(C)c1=O. The van der Waals surface area contributed by atoms with Crippen molar-refractivity contribution in [3.63, 3.8) is 0 Å². The molecule has 9 nitrogen and oxygen atoms in total. The lowest BCUT2D eigenvalue weighted by Crippen LogP contribution is -2.44. The van der Waals surface area contributed by atoms with Crippen LogP contribution in [0.5, 0.6) is 0 Å². The van der Waals surface area contributed by atoms with Crippen molar-refractivity contribution in [1.29, 1.82) is 0 Å². The van der Waals surface area contributed by atoms with Crippen molar-refractivity contribution >= 4 is 10.0 Å². The Balaban J connectivity index is 3.41. The number of ether oxygens (including phenoxy) is 1. The van der Waals surface area contributed by atoms with Crippen LogP contribution in [0.1, 0.15) is 0 Å². The highest BCUT2D eigenvalue weighted by molar-refractivity contribution is 7.89. The number of aryl methyl sites for hydroxylation is 1. The zero-order chi connectivity index (χ0) is 16.2. The van der Waals surface area contributed by atoms with Gasteiger partial charge in [-0.05, 0) is 0 Å². The zero-order valence-electron chi connectivity index (χ0n) is 12.3. The molecule has 120 valence electrons. The van der Waals surface area contributed by atoms with Gasteiger partial charge in [0.1, 0.15) is 0 Å². The van der Waals surface area contributed by atoms with E-state index in [9.17, 15) is 18.0 Å². The molecule has 0 aliphatic carbocycles. The molecule has 0 unspecified atom stereocenters. The maximum absolute atomic E-state index is 12.6. The lowest BCUT2D eigenvalue weighted by molar-refractivity contribution is 0.179. The van der Waals surface area contributed by atoms with Crippen LogP contribution in [0.3, 0.4) is 0 Å². The number of nitrogens with zero attached hydrogens (tertiary/aromatic N) is 3. The molecule has 0 spiro atoms. The lowest BCUT2D eigenvalue weighted by atomic mass is 10.6. The fourth-order valence-corrected chi connectivity index (χ4v) is 3.37. The summed E-state index contributed by atoms with van der Waals surface area (Å²) < 4.78 is 32.8. The quantitative estimate of drug-likeness (QED) is 0.603. The van der Waals surface area contributed by atoms with E-state index in [1.54, 1.807) is 0 Å². The van der Waals surface area contributed by atoms with Gasteiger partial charge in [-0.1, -0.05) is 0 Å². The summed E-state index contributed by atoms with van der Waals surface area (Å²) in [6.07, 6.45) is 1.02. The van der Waals surface area contributed by atoms with Crippen LogP contribution in [-0.2, 0) is 28.9 Å². The van der Waals surface area contributed by atoms with Gasteiger partial charge in [-0.25, -0.2) is 13.2 Å². The first-order chi connectivity index (χ1) is 9.77. The van der Waals surface area contributed by atoms with E-state index in [-0.39, 0.29) is 26.2 Å². The molecule has 0 fully saturated rings. The second kappa shape index (κ2) is 6.98. The number of hydrogen-bond acceptors (Lipinski definition) is 6. The average molecular weight is 320 g/mol. The molecule has 10 heteroatoms. The lowest BCUT2D eigenvalue weighted by Gasteiger charge is -2.21. The van der Waals surface area contributed by atoms with Crippen LogP contribution in [0.15, 0.2) is 20.7 Å². The fourth-order valence-electron chi connectivity index (χ4n) is 1.78. The molecule has 1 aromatic rings. The third-order valence-corrected chi connectivity index (χ3v) is 4.84. The molecule has 1 heterocycles. The Morgan fingerprint density at radius 1 is 1.29 bits per heavy atom. The van der Waals surface area contributed by atoms with Crippen LogP contribution < -0.4 is 17.0 Å². The Morgan fingerprint density at radius 2 is 1.90 bits per heavy atom. The maximum atomic E-state index is 12.6. The number of sulfonamides is 1. The minimum Gasteiger partial charge on any atom is -0.383 e. The Labute approximate surface area is 122 Å². The zero-order valence-corrected chi connectivity index (χ0v) is 13.1. The first kappa shape index (κ1) is 17.6. The summed E-state index contributed by atoms with van der Waals surface area (Å²) >= 11 is 0. The monoisotopic (exact) mass is 320 g/mol. The molecule has 1 aromatic heterocycles. The molecular formula is C11H20N4O5S. The van der Waals surface area contributed by atoms with E-state index in [4.69, 9.17) is 10.5 Å². The molecule has 0 aliphatic heterocycles. The van der Waals surface area contributed by atoms with Gasteiger partial charge in [-0.3, -0.25) is 9.36 Å². The summed E-state index contributed by atoms with van der Waals surface area (Å²) in [5, 5.41) is 0. The van der Waals surface area contributed by atoms with Crippen LogP contribution in [0.4, 0.5) is 0 Å². The Kier molecular flexibility index (Phi) is 5.84. The van der Waals surface area contributed by atoms with E-state index in [2.05, 4.69) is 0 Å². The van der Waals surface area contributed by atoms with Gasteiger partial charge in [0, 0.05) is 47.0 Å². The standard InChI is InChI=1S/C11H20N4O5S/c1-13-8-9(10(16)14(2)11(13)17)21(18,19)15(5-4-12)6-7-20-3/h8H,4-7,12H2,1-3H3. The largest absolute Gasteiger partial charge is 0.383 e. The summed E-state index contributed by atoms with van der Waals surface area (Å²) in [7, 11) is 0.00182. The molecule has 0 amide bonds. The van der Waals surface area contributed by atoms with Crippen molar-refractivity contribution in [2.45, 2.75) is 4.90 Å². The molecule has 0 radical (unpaired) electrons. The second-order valence-corrected chi connectivity index (χ2v) is 6.34. The third-order valence-electron chi connectivity index (χ3n) is 2.96. The number of rotatable bonds is 7. The molecule has 0 aromatic carbocycles. The predicted octanol–water partition coefficient (Wildman–Crippen LogP) is -2.32. The van der Waals surface area contributed by atoms with E-state index in [0.717, 1.165) is 19.6 Å². The Hall–Kier alpha value is -1.49. The van der Waals surface area contributed by atoms with Gasteiger partial charge < -0.3 is 15.0 Å². The number of nitrogens with two attached hydrogens (primary N) is 1. The van der Waals surface area contributed by atoms with E-state index in [0.29, 0.717) is 0 Å². The first-order valence-corrected chi connectivity index (χ1v) is 7.67. The highest BCUT2D eigenvalue weighted by Crippen LogP contribution is 2.09. The highest BCUT2D eigenvalue weighted by atomic mass is 32.2. The molecule has 2 N–H and O–H groups in total. The van der Waals surface area contributed by atoms with Gasteiger partial charge in [0.15, 0.2) is 4.90 Å². The Morgan fingerprint density at radius 3 is 2.43 bits per heavy atom. The van der Waals surface area contributed by atoms with Crippen LogP contribution >= 0.6 is 0 Å². The van der Waals surface area contributed by atoms with Crippen LogP contribution in [0.25, 0.3) is 0 Å².